The Kier molecular flexibility index (Phi) is 6.27. The van der Waals surface area contributed by atoms with E-state index in [0.717, 1.165) is 18.7 Å². The van der Waals surface area contributed by atoms with Crippen molar-refractivity contribution in [1.29, 1.82) is 0 Å². The Bertz CT molecular complexity index is 777. The van der Waals surface area contributed by atoms with Gasteiger partial charge in [-0.05, 0) is 38.7 Å². The van der Waals surface area contributed by atoms with E-state index in [-0.39, 0.29) is 17.8 Å². The van der Waals surface area contributed by atoms with Crippen molar-refractivity contribution in [3.63, 3.8) is 0 Å². The third kappa shape index (κ3) is 4.56. The van der Waals surface area contributed by atoms with Gasteiger partial charge in [-0.25, -0.2) is 9.78 Å². The van der Waals surface area contributed by atoms with E-state index in [9.17, 15) is 9.59 Å². The third-order valence-electron chi connectivity index (χ3n) is 5.13. The maximum atomic E-state index is 13.0. The zero-order valence-electron chi connectivity index (χ0n) is 16.1. The van der Waals surface area contributed by atoms with Crippen molar-refractivity contribution in [3.05, 3.63) is 53.6 Å². The minimum absolute atomic E-state index is 0.0830. The standard InChI is InChI=1S/C21H27N3O3/c1-3-27-21(26)23-12-10-18(11-13-23)19(25)20-22-15-16(2)24(20)14-9-17-7-5-4-6-8-17/h4-8,15,18H,3,9-14H2,1-2H3. The molecule has 27 heavy (non-hydrogen) atoms. The molecule has 6 heteroatoms. The summed E-state index contributed by atoms with van der Waals surface area (Å²) in [4.78, 5) is 30.9. The Hall–Kier alpha value is -2.63. The summed E-state index contributed by atoms with van der Waals surface area (Å²) in [6.45, 7) is 6.00. The molecule has 2 heterocycles. The van der Waals surface area contributed by atoms with Gasteiger partial charge >= 0.3 is 6.09 Å². The number of hydrogen-bond acceptors (Lipinski definition) is 4. The van der Waals surface area contributed by atoms with Crippen LogP contribution in [0.5, 0.6) is 0 Å². The average Bonchev–Trinajstić information content (AvgIpc) is 3.07. The highest BCUT2D eigenvalue weighted by Crippen LogP contribution is 2.22. The van der Waals surface area contributed by atoms with Gasteiger partial charge in [-0.2, -0.15) is 0 Å². The number of carbonyl (C=O) groups excluding carboxylic acids is 2. The van der Waals surface area contributed by atoms with Crippen LogP contribution in [-0.2, 0) is 17.7 Å². The van der Waals surface area contributed by atoms with Gasteiger partial charge in [-0.3, -0.25) is 4.79 Å². The van der Waals surface area contributed by atoms with Crippen molar-refractivity contribution in [2.24, 2.45) is 5.92 Å². The summed E-state index contributed by atoms with van der Waals surface area (Å²) < 4.78 is 7.06. The number of carbonyl (C=O) groups is 2. The van der Waals surface area contributed by atoms with Crippen molar-refractivity contribution in [2.75, 3.05) is 19.7 Å². The topological polar surface area (TPSA) is 64.4 Å². The first kappa shape index (κ1) is 19.1. The van der Waals surface area contributed by atoms with E-state index >= 15 is 0 Å². The maximum absolute atomic E-state index is 13.0. The van der Waals surface area contributed by atoms with Crippen LogP contribution in [0.2, 0.25) is 0 Å². The molecule has 3 rings (SSSR count). The third-order valence-corrected chi connectivity index (χ3v) is 5.13. The van der Waals surface area contributed by atoms with Crippen LogP contribution < -0.4 is 0 Å². The fraction of sp³-hybridized carbons (Fsp3) is 0.476. The number of aryl methyl sites for hydroxylation is 2. The molecule has 1 aromatic heterocycles. The lowest BCUT2D eigenvalue weighted by Gasteiger charge is -2.30. The number of benzene rings is 1. The summed E-state index contributed by atoms with van der Waals surface area (Å²) in [6.07, 6.45) is 3.65. The molecule has 0 N–H and O–H groups in total. The largest absolute Gasteiger partial charge is 0.450 e. The zero-order valence-corrected chi connectivity index (χ0v) is 16.1. The molecule has 0 radical (unpaired) electrons. The Morgan fingerprint density at radius 3 is 2.56 bits per heavy atom. The molecule has 144 valence electrons. The number of rotatable bonds is 6. The van der Waals surface area contributed by atoms with Crippen LogP contribution in [-0.4, -0.2) is 46.0 Å². The van der Waals surface area contributed by atoms with Crippen LogP contribution in [0.3, 0.4) is 0 Å². The molecule has 1 aliphatic rings. The zero-order chi connectivity index (χ0) is 19.2. The summed E-state index contributed by atoms with van der Waals surface area (Å²) in [5, 5.41) is 0. The minimum atomic E-state index is -0.288. The van der Waals surface area contributed by atoms with Gasteiger partial charge in [0.1, 0.15) is 0 Å². The summed E-state index contributed by atoms with van der Waals surface area (Å²) in [5.74, 6) is 0.533. The van der Waals surface area contributed by atoms with Crippen molar-refractivity contribution in [3.8, 4) is 0 Å². The van der Waals surface area contributed by atoms with E-state index in [4.69, 9.17) is 4.74 Å². The number of imidazole rings is 1. The monoisotopic (exact) mass is 369 g/mol. The van der Waals surface area contributed by atoms with Crippen molar-refractivity contribution >= 4 is 11.9 Å². The quantitative estimate of drug-likeness (QED) is 0.731. The molecule has 1 amide bonds. The van der Waals surface area contributed by atoms with Crippen molar-refractivity contribution < 1.29 is 14.3 Å². The van der Waals surface area contributed by atoms with Gasteiger partial charge in [-0.15, -0.1) is 0 Å². The van der Waals surface area contributed by atoms with E-state index in [1.807, 2.05) is 29.7 Å². The first-order chi connectivity index (χ1) is 13.1. The molecular formula is C21H27N3O3. The highest BCUT2D eigenvalue weighted by molar-refractivity contribution is 5.95. The van der Waals surface area contributed by atoms with Crippen molar-refractivity contribution in [2.45, 2.75) is 39.7 Å². The number of piperidine rings is 1. The fourth-order valence-electron chi connectivity index (χ4n) is 3.55. The highest BCUT2D eigenvalue weighted by Gasteiger charge is 2.30. The maximum Gasteiger partial charge on any atom is 0.409 e. The van der Waals surface area contributed by atoms with Crippen LogP contribution in [0.15, 0.2) is 36.5 Å². The van der Waals surface area contributed by atoms with Gasteiger partial charge in [0.05, 0.1) is 6.61 Å². The summed E-state index contributed by atoms with van der Waals surface area (Å²) >= 11 is 0. The number of Topliss-reactive ketones (excluding diaryl/α,β-unsaturated/α-hetero) is 1. The summed E-state index contributed by atoms with van der Waals surface area (Å²) in [6, 6.07) is 10.3. The molecule has 1 aromatic carbocycles. The predicted octanol–water partition coefficient (Wildman–Crippen LogP) is 3.49. The molecule has 6 nitrogen and oxygen atoms in total. The van der Waals surface area contributed by atoms with E-state index in [2.05, 4.69) is 17.1 Å². The van der Waals surface area contributed by atoms with Crippen LogP contribution >= 0.6 is 0 Å². The number of ether oxygens (including phenoxy) is 1. The Balaban J connectivity index is 1.63. The Labute approximate surface area is 160 Å². The lowest BCUT2D eigenvalue weighted by atomic mass is 9.92. The first-order valence-electron chi connectivity index (χ1n) is 9.62. The van der Waals surface area contributed by atoms with Crippen LogP contribution in [0.4, 0.5) is 4.79 Å². The van der Waals surface area contributed by atoms with Gasteiger partial charge < -0.3 is 14.2 Å². The van der Waals surface area contributed by atoms with Gasteiger partial charge in [0, 0.05) is 37.4 Å². The molecule has 0 atom stereocenters. The SMILES string of the molecule is CCOC(=O)N1CCC(C(=O)c2ncc(C)n2CCc2ccccc2)CC1. The number of likely N-dealkylation sites (tertiary alicyclic amines) is 1. The van der Waals surface area contributed by atoms with Gasteiger partial charge in [-0.1, -0.05) is 30.3 Å². The second kappa shape index (κ2) is 8.84. The van der Waals surface area contributed by atoms with Crippen LogP contribution in [0.25, 0.3) is 0 Å². The van der Waals surface area contributed by atoms with Gasteiger partial charge in [0.15, 0.2) is 5.82 Å². The Morgan fingerprint density at radius 2 is 1.89 bits per heavy atom. The predicted molar refractivity (Wildman–Crippen MR) is 103 cm³/mol. The normalized spacial score (nSPS) is 15.0. The number of nitrogens with zero attached hydrogens (tertiary/aromatic N) is 3. The molecule has 1 fully saturated rings. The first-order valence-corrected chi connectivity index (χ1v) is 9.62. The average molecular weight is 369 g/mol. The lowest BCUT2D eigenvalue weighted by molar-refractivity contribution is 0.0743. The molecule has 1 saturated heterocycles. The smallest absolute Gasteiger partial charge is 0.409 e. The molecule has 0 aliphatic carbocycles. The summed E-state index contributed by atoms with van der Waals surface area (Å²) in [5.41, 5.74) is 2.24. The highest BCUT2D eigenvalue weighted by atomic mass is 16.6. The number of hydrogen-bond donors (Lipinski definition) is 0. The molecule has 2 aromatic rings. The van der Waals surface area contributed by atoms with E-state index in [0.29, 0.717) is 38.4 Å². The molecule has 1 aliphatic heterocycles. The molecular weight excluding hydrogens is 342 g/mol. The van der Waals surface area contributed by atoms with Crippen LogP contribution in [0, 0.1) is 12.8 Å². The van der Waals surface area contributed by atoms with E-state index in [1.165, 1.54) is 5.56 Å². The minimum Gasteiger partial charge on any atom is -0.450 e. The molecule has 0 saturated carbocycles. The second-order valence-electron chi connectivity index (χ2n) is 6.93. The number of aromatic nitrogens is 2. The van der Waals surface area contributed by atoms with E-state index in [1.54, 1.807) is 18.0 Å². The van der Waals surface area contributed by atoms with Gasteiger partial charge in [0.25, 0.3) is 0 Å². The number of ketones is 1. The molecule has 0 spiro atoms. The second-order valence-corrected chi connectivity index (χ2v) is 6.93. The van der Waals surface area contributed by atoms with Gasteiger partial charge in [0.2, 0.25) is 5.78 Å². The fourth-order valence-corrected chi connectivity index (χ4v) is 3.55. The Morgan fingerprint density at radius 1 is 1.19 bits per heavy atom. The lowest BCUT2D eigenvalue weighted by Crippen LogP contribution is -2.41. The molecule has 0 unspecified atom stereocenters. The van der Waals surface area contributed by atoms with Crippen molar-refractivity contribution in [1.82, 2.24) is 14.5 Å². The van der Waals surface area contributed by atoms with E-state index < -0.39 is 0 Å². The van der Waals surface area contributed by atoms with Crippen LogP contribution in [0.1, 0.15) is 41.6 Å². The molecule has 0 bridgehead atoms. The summed E-state index contributed by atoms with van der Waals surface area (Å²) in [7, 11) is 0. The number of amides is 1.